The second-order valence-electron chi connectivity index (χ2n) is 5.40. The van der Waals surface area contributed by atoms with Gasteiger partial charge in [-0.1, -0.05) is 24.3 Å². The van der Waals surface area contributed by atoms with Crippen LogP contribution in [0.1, 0.15) is 11.1 Å². The summed E-state index contributed by atoms with van der Waals surface area (Å²) in [7, 11) is -2.08. The summed E-state index contributed by atoms with van der Waals surface area (Å²) in [4.78, 5) is 11.8. The second-order valence-corrected chi connectivity index (χ2v) is 6.96. The number of urea groups is 1. The van der Waals surface area contributed by atoms with E-state index in [1.54, 1.807) is 19.2 Å². The van der Waals surface area contributed by atoms with E-state index >= 15 is 0 Å². The van der Waals surface area contributed by atoms with E-state index in [0.29, 0.717) is 19.5 Å². The van der Waals surface area contributed by atoms with E-state index in [2.05, 4.69) is 10.6 Å². The van der Waals surface area contributed by atoms with Crippen LogP contribution < -0.4 is 20.5 Å². The van der Waals surface area contributed by atoms with Gasteiger partial charge in [0.05, 0.1) is 12.0 Å². The summed E-state index contributed by atoms with van der Waals surface area (Å²) < 4.78 is 27.4. The first kappa shape index (κ1) is 18.8. The number of nitrogens with one attached hydrogen (secondary N) is 2. The maximum atomic E-state index is 11.8. The van der Waals surface area contributed by atoms with Gasteiger partial charge in [-0.15, -0.1) is 0 Å². The number of methoxy groups -OCH3 is 1. The van der Waals surface area contributed by atoms with E-state index in [0.717, 1.165) is 16.9 Å². The lowest BCUT2D eigenvalue weighted by molar-refractivity contribution is 0.240. The van der Waals surface area contributed by atoms with Crippen molar-refractivity contribution < 1.29 is 17.9 Å². The van der Waals surface area contributed by atoms with Crippen molar-refractivity contribution in [3.05, 3.63) is 59.7 Å². The van der Waals surface area contributed by atoms with E-state index in [9.17, 15) is 13.2 Å². The van der Waals surface area contributed by atoms with Gasteiger partial charge in [0.25, 0.3) is 0 Å². The topological polar surface area (TPSA) is 111 Å². The summed E-state index contributed by atoms with van der Waals surface area (Å²) >= 11 is 0. The molecule has 134 valence electrons. The largest absolute Gasteiger partial charge is 0.497 e. The number of rotatable bonds is 7. The fourth-order valence-electron chi connectivity index (χ4n) is 2.15. The summed E-state index contributed by atoms with van der Waals surface area (Å²) in [6.07, 6.45) is 0.584. The van der Waals surface area contributed by atoms with Gasteiger partial charge in [-0.3, -0.25) is 0 Å². The standard InChI is InChI=1S/C17H21N3O4S/c1-24-15-6-2-14(3-7-15)12-20-17(21)19-11-10-13-4-8-16(9-5-13)25(18,22)23/h2-9H,10-12H2,1H3,(H2,18,22,23)(H2,19,20,21). The van der Waals surface area contributed by atoms with E-state index in [-0.39, 0.29) is 10.9 Å². The van der Waals surface area contributed by atoms with Gasteiger partial charge >= 0.3 is 6.03 Å². The summed E-state index contributed by atoms with van der Waals surface area (Å²) in [6, 6.07) is 13.4. The number of sulfonamides is 1. The Morgan fingerprint density at radius 3 is 2.16 bits per heavy atom. The van der Waals surface area contributed by atoms with Crippen molar-refractivity contribution in [1.29, 1.82) is 0 Å². The molecular formula is C17H21N3O4S. The summed E-state index contributed by atoms with van der Waals surface area (Å²) in [5, 5.41) is 10.6. The summed E-state index contributed by atoms with van der Waals surface area (Å²) in [5.74, 6) is 0.765. The van der Waals surface area contributed by atoms with E-state index in [1.807, 2.05) is 24.3 Å². The third-order valence-corrected chi connectivity index (χ3v) is 4.49. The van der Waals surface area contributed by atoms with Crippen LogP contribution in [0.2, 0.25) is 0 Å². The van der Waals surface area contributed by atoms with E-state index < -0.39 is 10.0 Å². The third-order valence-electron chi connectivity index (χ3n) is 3.56. The minimum atomic E-state index is -3.68. The van der Waals surface area contributed by atoms with Crippen LogP contribution in [0.25, 0.3) is 0 Å². The minimum Gasteiger partial charge on any atom is -0.497 e. The summed E-state index contributed by atoms with van der Waals surface area (Å²) in [5.41, 5.74) is 1.87. The SMILES string of the molecule is COc1ccc(CNC(=O)NCCc2ccc(S(N)(=O)=O)cc2)cc1. The molecule has 0 saturated carbocycles. The van der Waals surface area contributed by atoms with Crippen molar-refractivity contribution in [3.8, 4) is 5.75 Å². The predicted molar refractivity (Wildman–Crippen MR) is 94.8 cm³/mol. The van der Waals surface area contributed by atoms with Crippen LogP contribution >= 0.6 is 0 Å². The highest BCUT2D eigenvalue weighted by Crippen LogP contribution is 2.11. The molecule has 0 unspecified atom stereocenters. The lowest BCUT2D eigenvalue weighted by Gasteiger charge is -2.08. The van der Waals surface area contributed by atoms with Crippen molar-refractivity contribution in [2.45, 2.75) is 17.9 Å². The number of hydrogen-bond acceptors (Lipinski definition) is 4. The van der Waals surface area contributed by atoms with Gasteiger partial charge in [0, 0.05) is 13.1 Å². The molecule has 0 bridgehead atoms. The zero-order chi connectivity index (χ0) is 18.3. The van der Waals surface area contributed by atoms with Gasteiger partial charge in [0.15, 0.2) is 0 Å². The molecule has 8 heteroatoms. The first-order valence-corrected chi connectivity index (χ1v) is 9.19. The Kier molecular flexibility index (Phi) is 6.37. The highest BCUT2D eigenvalue weighted by atomic mass is 32.2. The lowest BCUT2D eigenvalue weighted by Crippen LogP contribution is -2.36. The summed E-state index contributed by atoms with van der Waals surface area (Å²) in [6.45, 7) is 0.849. The number of primary sulfonamides is 1. The van der Waals surface area contributed by atoms with Gasteiger partial charge in [-0.25, -0.2) is 18.4 Å². The molecule has 0 fully saturated rings. The molecule has 4 N–H and O–H groups in total. The number of nitrogens with two attached hydrogens (primary N) is 1. The highest BCUT2D eigenvalue weighted by Gasteiger charge is 2.07. The Balaban J connectivity index is 1.72. The molecule has 2 amide bonds. The Hall–Kier alpha value is -2.58. The van der Waals surface area contributed by atoms with E-state index in [4.69, 9.17) is 9.88 Å². The van der Waals surface area contributed by atoms with Crippen molar-refractivity contribution in [3.63, 3.8) is 0 Å². The Morgan fingerprint density at radius 2 is 1.60 bits per heavy atom. The molecule has 0 saturated heterocycles. The fourth-order valence-corrected chi connectivity index (χ4v) is 2.67. The first-order valence-electron chi connectivity index (χ1n) is 7.65. The molecule has 0 spiro atoms. The average molecular weight is 363 g/mol. The molecule has 0 heterocycles. The molecule has 0 radical (unpaired) electrons. The van der Waals surface area contributed by atoms with Crippen molar-refractivity contribution in [1.82, 2.24) is 10.6 Å². The number of hydrogen-bond donors (Lipinski definition) is 3. The first-order chi connectivity index (χ1) is 11.9. The van der Waals surface area contributed by atoms with Gasteiger partial charge in [0.1, 0.15) is 5.75 Å². The lowest BCUT2D eigenvalue weighted by atomic mass is 10.1. The molecule has 2 aromatic carbocycles. The van der Waals surface area contributed by atoms with Crippen LogP contribution in [-0.4, -0.2) is 28.1 Å². The molecule has 0 aliphatic heterocycles. The van der Waals surface area contributed by atoms with E-state index in [1.165, 1.54) is 12.1 Å². The highest BCUT2D eigenvalue weighted by molar-refractivity contribution is 7.89. The van der Waals surface area contributed by atoms with Crippen LogP contribution in [0, 0.1) is 0 Å². The van der Waals surface area contributed by atoms with Crippen molar-refractivity contribution >= 4 is 16.1 Å². The Labute approximate surface area is 147 Å². The molecule has 0 aliphatic rings. The van der Waals surface area contributed by atoms with Crippen molar-refractivity contribution in [2.24, 2.45) is 5.14 Å². The molecule has 2 aromatic rings. The molecule has 7 nitrogen and oxygen atoms in total. The molecule has 0 aliphatic carbocycles. The normalized spacial score (nSPS) is 11.0. The Morgan fingerprint density at radius 1 is 1.00 bits per heavy atom. The average Bonchev–Trinajstić information content (AvgIpc) is 2.60. The monoisotopic (exact) mass is 363 g/mol. The van der Waals surface area contributed by atoms with Gasteiger partial charge in [-0.2, -0.15) is 0 Å². The number of amides is 2. The zero-order valence-corrected chi connectivity index (χ0v) is 14.7. The van der Waals surface area contributed by atoms with Gasteiger partial charge in [0.2, 0.25) is 10.0 Å². The number of benzene rings is 2. The number of carbonyl (C=O) groups is 1. The molecule has 25 heavy (non-hydrogen) atoms. The fraction of sp³-hybridized carbons (Fsp3) is 0.235. The third kappa shape index (κ3) is 6.09. The number of carbonyl (C=O) groups excluding carboxylic acids is 1. The molecular weight excluding hydrogens is 342 g/mol. The minimum absolute atomic E-state index is 0.0708. The van der Waals surface area contributed by atoms with Crippen LogP contribution in [0.3, 0.4) is 0 Å². The van der Waals surface area contributed by atoms with Crippen LogP contribution in [0.4, 0.5) is 4.79 Å². The van der Waals surface area contributed by atoms with Gasteiger partial charge < -0.3 is 15.4 Å². The van der Waals surface area contributed by atoms with Gasteiger partial charge in [-0.05, 0) is 41.8 Å². The maximum Gasteiger partial charge on any atom is 0.315 e. The molecule has 2 rings (SSSR count). The van der Waals surface area contributed by atoms with Crippen LogP contribution in [0.5, 0.6) is 5.75 Å². The predicted octanol–water partition coefficient (Wildman–Crippen LogP) is 1.38. The smallest absolute Gasteiger partial charge is 0.315 e. The quantitative estimate of drug-likeness (QED) is 0.690. The molecule has 0 atom stereocenters. The van der Waals surface area contributed by atoms with Crippen molar-refractivity contribution in [2.75, 3.05) is 13.7 Å². The zero-order valence-electron chi connectivity index (χ0n) is 13.9. The number of ether oxygens (including phenoxy) is 1. The Bertz CT molecular complexity index is 803. The maximum absolute atomic E-state index is 11.8. The van der Waals surface area contributed by atoms with Crippen LogP contribution in [-0.2, 0) is 23.0 Å². The second kappa shape index (κ2) is 8.50. The van der Waals surface area contributed by atoms with Crippen LogP contribution in [0.15, 0.2) is 53.4 Å². The molecule has 0 aromatic heterocycles.